The molecule has 9 heteroatoms. The fourth-order valence-corrected chi connectivity index (χ4v) is 3.91. The molecule has 2 amide bonds. The second-order valence-electron chi connectivity index (χ2n) is 5.63. The molecule has 0 unspecified atom stereocenters. The molecule has 0 radical (unpaired) electrons. The average Bonchev–Trinajstić information content (AvgIpc) is 2.69. The van der Waals surface area contributed by atoms with E-state index >= 15 is 0 Å². The van der Waals surface area contributed by atoms with Crippen LogP contribution in [0.2, 0.25) is 0 Å². The number of fused-ring (bicyclic) bond motifs is 1. The molecule has 1 saturated heterocycles. The topological polar surface area (TPSA) is 91.0 Å². The van der Waals surface area contributed by atoms with Crippen LogP contribution < -0.4 is 19.2 Å². The summed E-state index contributed by atoms with van der Waals surface area (Å²) in [5.41, 5.74) is 1.67. The maximum Gasteiger partial charge on any atom is 0.326 e. The van der Waals surface area contributed by atoms with Gasteiger partial charge >= 0.3 is 16.2 Å². The Balaban J connectivity index is 1.71. The van der Waals surface area contributed by atoms with Crippen molar-refractivity contribution < 1.29 is 17.9 Å². The van der Waals surface area contributed by atoms with E-state index in [0.29, 0.717) is 30.3 Å². The molecule has 3 rings (SSSR count). The molecular weight excluding hydrogens is 320 g/mol. The number of nitrogens with zero attached hydrogens (tertiary/aromatic N) is 2. The Morgan fingerprint density at radius 3 is 2.52 bits per heavy atom. The van der Waals surface area contributed by atoms with Crippen molar-refractivity contribution in [2.45, 2.75) is 18.9 Å². The number of carbonyl (C=O) groups excluding carboxylic acids is 1. The highest BCUT2D eigenvalue weighted by Crippen LogP contribution is 2.40. The van der Waals surface area contributed by atoms with Crippen molar-refractivity contribution in [2.24, 2.45) is 0 Å². The Hall–Kier alpha value is -2.00. The van der Waals surface area contributed by atoms with Crippen molar-refractivity contribution in [2.75, 3.05) is 41.2 Å². The molecule has 1 fully saturated rings. The minimum absolute atomic E-state index is 0.104. The molecule has 2 aliphatic heterocycles. The molecule has 23 heavy (non-hydrogen) atoms. The predicted molar refractivity (Wildman–Crippen MR) is 88.2 cm³/mol. The number of hydrogen-bond donors (Lipinski definition) is 2. The average molecular weight is 340 g/mol. The minimum atomic E-state index is -3.51. The molecule has 126 valence electrons. The van der Waals surface area contributed by atoms with E-state index in [1.165, 1.54) is 22.7 Å². The van der Waals surface area contributed by atoms with Crippen LogP contribution in [0.5, 0.6) is 0 Å². The minimum Gasteiger partial charge on any atom is -0.381 e. The van der Waals surface area contributed by atoms with Crippen LogP contribution in [0.4, 0.5) is 21.9 Å². The summed E-state index contributed by atoms with van der Waals surface area (Å²) in [7, 11) is -0.514. The van der Waals surface area contributed by atoms with Gasteiger partial charge in [-0.1, -0.05) is 0 Å². The van der Waals surface area contributed by atoms with Gasteiger partial charge in [-0.3, -0.25) is 8.61 Å². The van der Waals surface area contributed by atoms with Crippen LogP contribution in [-0.4, -0.2) is 47.8 Å². The Kier molecular flexibility index (Phi) is 4.07. The third-order valence-corrected chi connectivity index (χ3v) is 5.94. The fraction of sp³-hybridized carbons (Fsp3) is 0.500. The summed E-state index contributed by atoms with van der Waals surface area (Å²) in [5, 5.41) is 5.65. The monoisotopic (exact) mass is 340 g/mol. The summed E-state index contributed by atoms with van der Waals surface area (Å²) in [6, 6.07) is 4.83. The lowest BCUT2D eigenvalue weighted by Gasteiger charge is -2.23. The van der Waals surface area contributed by atoms with Crippen molar-refractivity contribution >= 4 is 33.3 Å². The molecule has 0 aliphatic carbocycles. The van der Waals surface area contributed by atoms with Gasteiger partial charge in [0.05, 0.1) is 11.4 Å². The Bertz CT molecular complexity index is 715. The number of amides is 2. The summed E-state index contributed by atoms with van der Waals surface area (Å²) >= 11 is 0. The van der Waals surface area contributed by atoms with Crippen LogP contribution in [0.1, 0.15) is 12.8 Å². The van der Waals surface area contributed by atoms with Crippen molar-refractivity contribution in [3.05, 3.63) is 18.2 Å². The molecule has 0 spiro atoms. The summed E-state index contributed by atoms with van der Waals surface area (Å²) in [6.07, 6.45) is 1.59. The molecule has 2 N–H and O–H groups in total. The fourth-order valence-electron chi connectivity index (χ4n) is 2.75. The molecule has 0 saturated carbocycles. The van der Waals surface area contributed by atoms with E-state index in [9.17, 15) is 13.2 Å². The van der Waals surface area contributed by atoms with Gasteiger partial charge in [-0.05, 0) is 31.0 Å². The van der Waals surface area contributed by atoms with Crippen molar-refractivity contribution in [3.63, 3.8) is 0 Å². The Morgan fingerprint density at radius 2 is 1.83 bits per heavy atom. The normalized spacial score (nSPS) is 20.3. The molecule has 1 aromatic rings. The number of urea groups is 1. The number of rotatable bonds is 2. The summed E-state index contributed by atoms with van der Waals surface area (Å²) in [6.45, 7) is 1.30. The van der Waals surface area contributed by atoms with E-state index in [-0.39, 0.29) is 12.1 Å². The zero-order valence-electron chi connectivity index (χ0n) is 13.1. The molecule has 2 heterocycles. The zero-order valence-corrected chi connectivity index (χ0v) is 13.9. The lowest BCUT2D eigenvalue weighted by Crippen LogP contribution is -2.41. The second kappa shape index (κ2) is 5.89. The molecular formula is C14H20N4O4S. The van der Waals surface area contributed by atoms with E-state index < -0.39 is 10.2 Å². The van der Waals surface area contributed by atoms with Crippen LogP contribution in [0, 0.1) is 0 Å². The first-order chi connectivity index (χ1) is 10.9. The number of ether oxygens (including phenoxy) is 1. The molecule has 2 aliphatic rings. The summed E-state index contributed by atoms with van der Waals surface area (Å²) in [5.74, 6) is 0. The van der Waals surface area contributed by atoms with Crippen LogP contribution in [0.25, 0.3) is 0 Å². The van der Waals surface area contributed by atoms with Crippen molar-refractivity contribution in [1.82, 2.24) is 5.32 Å². The van der Waals surface area contributed by atoms with Gasteiger partial charge in [0.15, 0.2) is 0 Å². The maximum atomic E-state index is 12.1. The maximum absolute atomic E-state index is 12.1. The van der Waals surface area contributed by atoms with E-state index in [1.807, 2.05) is 0 Å². The molecule has 8 nitrogen and oxygen atoms in total. The quantitative estimate of drug-likeness (QED) is 0.844. The second-order valence-corrected chi connectivity index (χ2v) is 7.62. The molecule has 0 bridgehead atoms. The lowest BCUT2D eigenvalue weighted by molar-refractivity contribution is 0.0806. The third-order valence-electron chi connectivity index (χ3n) is 4.16. The van der Waals surface area contributed by atoms with E-state index in [4.69, 9.17) is 4.74 Å². The van der Waals surface area contributed by atoms with Crippen LogP contribution in [0.15, 0.2) is 18.2 Å². The molecule has 1 aromatic carbocycles. The summed E-state index contributed by atoms with van der Waals surface area (Å²) < 4.78 is 31.8. The van der Waals surface area contributed by atoms with E-state index in [0.717, 1.165) is 12.8 Å². The van der Waals surface area contributed by atoms with Gasteiger partial charge in [0.25, 0.3) is 0 Å². The number of hydrogen-bond acceptors (Lipinski definition) is 4. The van der Waals surface area contributed by atoms with Crippen LogP contribution in [-0.2, 0) is 14.9 Å². The van der Waals surface area contributed by atoms with Crippen LogP contribution >= 0.6 is 0 Å². The lowest BCUT2D eigenvalue weighted by atomic mass is 10.1. The SMILES string of the molecule is CN1c2ccc(NC(=O)NC3CCOCC3)cc2N(C)S1(=O)=O. The first-order valence-corrected chi connectivity index (χ1v) is 8.81. The number of nitrogens with one attached hydrogen (secondary N) is 2. The van der Waals surface area contributed by atoms with E-state index in [2.05, 4.69) is 10.6 Å². The van der Waals surface area contributed by atoms with Gasteiger partial charge in [-0.15, -0.1) is 0 Å². The highest BCUT2D eigenvalue weighted by Gasteiger charge is 2.35. The Morgan fingerprint density at radius 1 is 1.17 bits per heavy atom. The van der Waals surface area contributed by atoms with Gasteiger partial charge in [-0.2, -0.15) is 8.42 Å². The molecule has 0 aromatic heterocycles. The van der Waals surface area contributed by atoms with Gasteiger partial charge in [-0.25, -0.2) is 4.79 Å². The molecule has 0 atom stereocenters. The zero-order chi connectivity index (χ0) is 16.6. The number of carbonyl (C=O) groups is 1. The summed E-state index contributed by atoms with van der Waals surface area (Å²) in [4.78, 5) is 12.0. The van der Waals surface area contributed by atoms with Crippen molar-refractivity contribution in [3.8, 4) is 0 Å². The smallest absolute Gasteiger partial charge is 0.326 e. The van der Waals surface area contributed by atoms with Gasteiger partial charge in [0.2, 0.25) is 0 Å². The largest absolute Gasteiger partial charge is 0.381 e. The first kappa shape index (κ1) is 15.9. The highest BCUT2D eigenvalue weighted by molar-refractivity contribution is 7.94. The number of anilines is 3. The van der Waals surface area contributed by atoms with Gasteiger partial charge in [0.1, 0.15) is 0 Å². The first-order valence-electron chi connectivity index (χ1n) is 7.41. The van der Waals surface area contributed by atoms with Crippen LogP contribution in [0.3, 0.4) is 0 Å². The van der Waals surface area contributed by atoms with Crippen molar-refractivity contribution in [1.29, 1.82) is 0 Å². The predicted octanol–water partition coefficient (Wildman–Crippen LogP) is 1.12. The standard InChI is InChI=1S/C14H20N4O4S/c1-17-12-4-3-11(9-13(12)18(2)23(17,20)21)16-14(19)15-10-5-7-22-8-6-10/h3-4,9-10H,5-8H2,1-2H3,(H2,15,16,19). The Labute approximate surface area is 135 Å². The van der Waals surface area contributed by atoms with Gasteiger partial charge < -0.3 is 15.4 Å². The number of benzene rings is 1. The highest BCUT2D eigenvalue weighted by atomic mass is 32.2. The van der Waals surface area contributed by atoms with Gasteiger partial charge in [0, 0.05) is 39.0 Å². The third kappa shape index (κ3) is 2.93. The van der Waals surface area contributed by atoms with E-state index in [1.54, 1.807) is 18.2 Å².